The molecule has 0 amide bonds. The van der Waals surface area contributed by atoms with Crippen LogP contribution in [0.2, 0.25) is 0 Å². The van der Waals surface area contributed by atoms with Crippen molar-refractivity contribution in [3.05, 3.63) is 33.8 Å². The van der Waals surface area contributed by atoms with Gasteiger partial charge in [0.1, 0.15) is 5.83 Å². The summed E-state index contributed by atoms with van der Waals surface area (Å²) in [5.41, 5.74) is 4.62. The van der Waals surface area contributed by atoms with Crippen molar-refractivity contribution >= 4 is 0 Å². The van der Waals surface area contributed by atoms with Crippen molar-refractivity contribution in [2.75, 3.05) is 27.2 Å². The van der Waals surface area contributed by atoms with Gasteiger partial charge < -0.3 is 16.0 Å². The Morgan fingerprint density at radius 3 is 2.68 bits per heavy atom. The Hall–Kier alpha value is -1.31. The van der Waals surface area contributed by atoms with E-state index in [1.54, 1.807) is 0 Å². The number of nitrogens with two attached hydrogens (primary N) is 1. The molecule has 0 bridgehead atoms. The molecule has 0 aromatic heterocycles. The number of nitro groups is 1. The van der Waals surface area contributed by atoms with Gasteiger partial charge in [-0.25, -0.2) is 4.39 Å². The topological polar surface area (TPSA) is 84.4 Å². The lowest BCUT2D eigenvalue weighted by Crippen LogP contribution is -2.60. The highest BCUT2D eigenvalue weighted by Crippen LogP contribution is 2.32. The first kappa shape index (κ1) is 15.7. The molecule has 1 aliphatic carbocycles. The van der Waals surface area contributed by atoms with E-state index >= 15 is 0 Å². The molecule has 6 nitrogen and oxygen atoms in total. The number of allylic oxidation sites excluding steroid dienone is 1. The fourth-order valence-electron chi connectivity index (χ4n) is 2.20. The van der Waals surface area contributed by atoms with E-state index in [0.29, 0.717) is 19.5 Å². The molecule has 0 aromatic carbocycles. The molecule has 2 atom stereocenters. The van der Waals surface area contributed by atoms with E-state index in [1.807, 2.05) is 25.9 Å². The first-order chi connectivity index (χ1) is 8.83. The molecule has 0 radical (unpaired) electrons. The van der Waals surface area contributed by atoms with E-state index in [2.05, 4.69) is 5.32 Å². The van der Waals surface area contributed by atoms with Crippen LogP contribution in [-0.2, 0) is 0 Å². The Morgan fingerprint density at radius 1 is 1.63 bits per heavy atom. The van der Waals surface area contributed by atoms with E-state index in [4.69, 9.17) is 5.73 Å². The van der Waals surface area contributed by atoms with Crippen molar-refractivity contribution in [1.29, 1.82) is 0 Å². The monoisotopic (exact) mass is 272 g/mol. The van der Waals surface area contributed by atoms with Gasteiger partial charge in [-0.2, -0.15) is 0 Å². The van der Waals surface area contributed by atoms with Gasteiger partial charge >= 0.3 is 0 Å². The van der Waals surface area contributed by atoms with Crippen LogP contribution in [0.4, 0.5) is 4.39 Å². The predicted octanol–water partition coefficient (Wildman–Crippen LogP) is 0.641. The van der Waals surface area contributed by atoms with Crippen molar-refractivity contribution in [3.8, 4) is 0 Å². The van der Waals surface area contributed by atoms with Gasteiger partial charge in [0.15, 0.2) is 0 Å². The number of nitrogens with one attached hydrogen (secondary N) is 1. The molecule has 0 aromatic rings. The highest BCUT2D eigenvalue weighted by atomic mass is 19.1. The van der Waals surface area contributed by atoms with E-state index in [0.717, 1.165) is 6.08 Å². The summed E-state index contributed by atoms with van der Waals surface area (Å²) in [7, 11) is 3.77. The predicted molar refractivity (Wildman–Crippen MR) is 71.8 cm³/mol. The quantitative estimate of drug-likeness (QED) is 0.547. The largest absolute Gasteiger partial charge is 0.322 e. The zero-order chi connectivity index (χ0) is 14.6. The fourth-order valence-corrected chi connectivity index (χ4v) is 2.20. The van der Waals surface area contributed by atoms with Crippen LogP contribution in [0.1, 0.15) is 13.3 Å². The fraction of sp³-hybridized carbons (Fsp3) is 0.667. The minimum atomic E-state index is -1.06. The Balaban J connectivity index is 3.05. The van der Waals surface area contributed by atoms with E-state index in [1.165, 1.54) is 6.08 Å². The lowest BCUT2D eigenvalue weighted by Gasteiger charge is -2.39. The summed E-state index contributed by atoms with van der Waals surface area (Å²) in [5, 5.41) is 13.8. The second-order valence-corrected chi connectivity index (χ2v) is 4.92. The van der Waals surface area contributed by atoms with E-state index < -0.39 is 22.3 Å². The van der Waals surface area contributed by atoms with Gasteiger partial charge in [-0.1, -0.05) is 6.92 Å². The van der Waals surface area contributed by atoms with Gasteiger partial charge in [0.25, 0.3) is 5.70 Å². The maximum absolute atomic E-state index is 14.4. The van der Waals surface area contributed by atoms with Crippen LogP contribution in [0.25, 0.3) is 0 Å². The Kier molecular flexibility index (Phi) is 5.16. The van der Waals surface area contributed by atoms with Crippen molar-refractivity contribution in [2.24, 2.45) is 5.73 Å². The van der Waals surface area contributed by atoms with Crippen LogP contribution in [0.3, 0.4) is 0 Å². The minimum Gasteiger partial charge on any atom is -0.322 e. The van der Waals surface area contributed by atoms with Crippen molar-refractivity contribution < 1.29 is 9.31 Å². The lowest BCUT2D eigenvalue weighted by molar-refractivity contribution is -0.420. The third-order valence-electron chi connectivity index (χ3n) is 3.28. The third-order valence-corrected chi connectivity index (χ3v) is 3.28. The van der Waals surface area contributed by atoms with Crippen LogP contribution < -0.4 is 11.1 Å². The number of hydrogen-bond acceptors (Lipinski definition) is 5. The molecule has 0 saturated heterocycles. The van der Waals surface area contributed by atoms with Gasteiger partial charge in [-0.15, -0.1) is 0 Å². The van der Waals surface area contributed by atoms with Crippen LogP contribution in [0, 0.1) is 10.1 Å². The van der Waals surface area contributed by atoms with Gasteiger partial charge in [-0.05, 0) is 33.6 Å². The van der Waals surface area contributed by atoms with E-state index in [-0.39, 0.29) is 5.70 Å². The zero-order valence-electron chi connectivity index (χ0n) is 11.5. The summed E-state index contributed by atoms with van der Waals surface area (Å²) in [4.78, 5) is 12.0. The smallest absolute Gasteiger partial charge is 0.269 e. The molecule has 0 aliphatic heterocycles. The minimum absolute atomic E-state index is 0.289. The molecule has 19 heavy (non-hydrogen) atoms. The van der Waals surface area contributed by atoms with Crippen molar-refractivity contribution in [3.63, 3.8) is 0 Å². The average Bonchev–Trinajstić information content (AvgIpc) is 2.31. The second kappa shape index (κ2) is 6.23. The van der Waals surface area contributed by atoms with Crippen LogP contribution in [0.5, 0.6) is 0 Å². The molecule has 0 spiro atoms. The maximum Gasteiger partial charge on any atom is 0.269 e. The maximum atomic E-state index is 14.4. The lowest BCUT2D eigenvalue weighted by atomic mass is 9.81. The number of hydrogen-bond donors (Lipinski definition) is 2. The standard InChI is InChI=1S/C12H21FN4O2/c1-4-15-12(5-6-16(2)3)10(13)7-9(17(18)19)8-11(12)14/h7-8,11,15H,4-6,14H2,1-3H3. The number of rotatable bonds is 6. The number of likely N-dealkylation sites (N-methyl/N-ethyl adjacent to an activating group) is 1. The molecule has 108 valence electrons. The Labute approximate surface area is 112 Å². The van der Waals surface area contributed by atoms with E-state index in [9.17, 15) is 14.5 Å². The van der Waals surface area contributed by atoms with Crippen molar-refractivity contribution in [2.45, 2.75) is 24.9 Å². The number of halogens is 1. The van der Waals surface area contributed by atoms with Crippen LogP contribution >= 0.6 is 0 Å². The van der Waals surface area contributed by atoms with Crippen molar-refractivity contribution in [1.82, 2.24) is 10.2 Å². The molecule has 7 heteroatoms. The molecule has 0 heterocycles. The average molecular weight is 272 g/mol. The van der Waals surface area contributed by atoms with Crippen LogP contribution in [0.15, 0.2) is 23.7 Å². The van der Waals surface area contributed by atoms with Gasteiger partial charge in [0, 0.05) is 12.2 Å². The highest BCUT2D eigenvalue weighted by Gasteiger charge is 2.43. The third kappa shape index (κ3) is 3.37. The van der Waals surface area contributed by atoms with Gasteiger partial charge in [-0.3, -0.25) is 10.1 Å². The summed E-state index contributed by atoms with van der Waals surface area (Å²) in [6.45, 7) is 3.01. The Bertz CT molecular complexity index is 409. The SMILES string of the molecule is CCNC1(CCN(C)C)C(F)=CC([N+](=O)[O-])=CC1N. The normalized spacial score (nSPS) is 27.2. The van der Waals surface area contributed by atoms with Gasteiger partial charge in [0.2, 0.25) is 0 Å². The summed E-state index contributed by atoms with van der Waals surface area (Å²) >= 11 is 0. The Morgan fingerprint density at radius 2 is 2.26 bits per heavy atom. The molecule has 1 aliphatic rings. The summed E-state index contributed by atoms with van der Waals surface area (Å²) < 4.78 is 14.4. The van der Waals surface area contributed by atoms with Crippen LogP contribution in [-0.4, -0.2) is 48.6 Å². The second-order valence-electron chi connectivity index (χ2n) is 4.92. The first-order valence-electron chi connectivity index (χ1n) is 6.22. The molecule has 1 rings (SSSR count). The molecule has 0 fully saturated rings. The highest BCUT2D eigenvalue weighted by molar-refractivity contribution is 5.34. The summed E-state index contributed by atoms with van der Waals surface area (Å²) in [6.07, 6.45) is 2.71. The number of nitrogens with zero attached hydrogens (tertiary/aromatic N) is 2. The molecular formula is C12H21FN4O2. The summed E-state index contributed by atoms with van der Waals surface area (Å²) in [5.74, 6) is -0.571. The first-order valence-corrected chi connectivity index (χ1v) is 6.22. The molecule has 2 unspecified atom stereocenters. The molecule has 0 saturated carbocycles. The zero-order valence-corrected chi connectivity index (χ0v) is 11.5. The molecule has 3 N–H and O–H groups in total. The molecular weight excluding hydrogens is 251 g/mol. The summed E-state index contributed by atoms with van der Waals surface area (Å²) in [6, 6.07) is -0.766. The van der Waals surface area contributed by atoms with Gasteiger partial charge in [0.05, 0.1) is 16.5 Å².